The van der Waals surface area contributed by atoms with E-state index in [2.05, 4.69) is 0 Å². The van der Waals surface area contributed by atoms with Crippen LogP contribution in [0.25, 0.3) is 82.5 Å². The monoisotopic (exact) mass is 736 g/mol. The Morgan fingerprint density at radius 1 is 0.418 bits per heavy atom. The van der Waals surface area contributed by atoms with E-state index in [1.165, 1.54) is 0 Å². The molecule has 0 unspecified atom stereocenters. The third kappa shape index (κ3) is 5.13. The molecule has 0 radical (unpaired) electrons. The molecule has 258 valence electrons. The van der Waals surface area contributed by atoms with Gasteiger partial charge in [0.1, 0.15) is 11.2 Å². The largest absolute Gasteiger partial charge is 0.455 e. The quantitative estimate of drug-likeness (QED) is 0.169. The summed E-state index contributed by atoms with van der Waals surface area (Å²) in [5, 5.41) is -3.71. The molecule has 3 nitrogen and oxygen atoms in total. The highest BCUT2D eigenvalue weighted by Crippen LogP contribution is 2.45. The number of nitrogens with zero attached hydrogens (tertiary/aromatic N) is 2. The van der Waals surface area contributed by atoms with Crippen molar-refractivity contribution in [3.05, 3.63) is 205 Å². The summed E-state index contributed by atoms with van der Waals surface area (Å²) < 4.78 is 314. The van der Waals surface area contributed by atoms with Crippen molar-refractivity contribution in [1.29, 1.82) is 0 Å². The van der Waals surface area contributed by atoms with Crippen LogP contribution in [0.4, 0.5) is 17.1 Å². The molecule has 11 rings (SSSR count). The average Bonchev–Trinajstić information content (AvgIpc) is 1.60. The van der Waals surface area contributed by atoms with Gasteiger partial charge in [-0.05, 0) is 94.1 Å². The van der Waals surface area contributed by atoms with Gasteiger partial charge in [0.2, 0.25) is 0 Å². The van der Waals surface area contributed by atoms with E-state index in [9.17, 15) is 17.8 Å². The molecule has 0 fully saturated rings. The van der Waals surface area contributed by atoms with Crippen LogP contribution in [0.3, 0.4) is 0 Å². The molecule has 11 aromatic rings. The van der Waals surface area contributed by atoms with Crippen LogP contribution < -0.4 is 4.90 Å². The third-order valence-corrected chi connectivity index (χ3v) is 8.49. The van der Waals surface area contributed by atoms with Crippen LogP contribution in [0.2, 0.25) is 0 Å². The molecule has 9 aromatic carbocycles. The predicted molar refractivity (Wildman–Crippen MR) is 231 cm³/mol. The Labute approximate surface area is 366 Å². The minimum Gasteiger partial charge on any atom is -0.455 e. The van der Waals surface area contributed by atoms with Crippen molar-refractivity contribution >= 4 is 71.6 Å². The van der Waals surface area contributed by atoms with Crippen LogP contribution >= 0.6 is 0 Å². The molecule has 55 heavy (non-hydrogen) atoms. The number of benzene rings is 9. The van der Waals surface area contributed by atoms with Crippen molar-refractivity contribution in [1.82, 2.24) is 4.57 Å². The van der Waals surface area contributed by atoms with Crippen LogP contribution in [-0.2, 0) is 0 Å². The molecule has 0 aliphatic rings. The summed E-state index contributed by atoms with van der Waals surface area (Å²) >= 11 is 0. The molecule has 0 saturated heterocycles. The van der Waals surface area contributed by atoms with E-state index < -0.39 is 305 Å². The number of anilines is 3. The van der Waals surface area contributed by atoms with Gasteiger partial charge in [0.15, 0.2) is 0 Å². The summed E-state index contributed by atoms with van der Waals surface area (Å²) in [4.78, 5) is 0.359. The van der Waals surface area contributed by atoms with E-state index in [-0.39, 0.29) is 0 Å². The number of rotatable bonds is 6. The first-order valence-corrected chi connectivity index (χ1v) is 16.0. The molecule has 0 amide bonds. The summed E-state index contributed by atoms with van der Waals surface area (Å²) in [5.41, 5.74) is -11.2. The number of para-hydroxylation sites is 2. The maximum Gasteiger partial charge on any atom is 0.143 e. The number of aromatic nitrogens is 1. The second-order valence-electron chi connectivity index (χ2n) is 11.5. The van der Waals surface area contributed by atoms with E-state index in [4.69, 9.17) is 33.2 Å². The van der Waals surface area contributed by atoms with Gasteiger partial charge in [0.25, 0.3) is 0 Å². The fraction of sp³-hybridized carbons (Fsp3) is 0. The number of hydrogen-bond donors (Lipinski definition) is 0. The van der Waals surface area contributed by atoms with Crippen LogP contribution in [0.1, 0.15) is 46.6 Å². The van der Waals surface area contributed by atoms with Gasteiger partial charge < -0.3 is 13.9 Å². The molecular formula is C52H34N2O. The average molecular weight is 737 g/mol. The molecule has 0 saturated carbocycles. The van der Waals surface area contributed by atoms with Gasteiger partial charge in [-0.1, -0.05) is 139 Å². The zero-order valence-corrected chi connectivity index (χ0v) is 27.3. The Morgan fingerprint density at radius 2 is 0.982 bits per heavy atom. The van der Waals surface area contributed by atoms with Gasteiger partial charge in [-0.2, -0.15) is 0 Å². The van der Waals surface area contributed by atoms with Crippen molar-refractivity contribution in [3.63, 3.8) is 0 Å². The normalized spacial score (nSPS) is 20.3. The minimum atomic E-state index is -1.37. The van der Waals surface area contributed by atoms with Crippen LogP contribution in [0.15, 0.2) is 210 Å². The topological polar surface area (TPSA) is 21.3 Å². The van der Waals surface area contributed by atoms with Crippen molar-refractivity contribution in [2.75, 3.05) is 4.90 Å². The highest BCUT2D eigenvalue weighted by atomic mass is 16.3. The second kappa shape index (κ2) is 12.6. The molecule has 0 spiro atoms. The molecule has 0 N–H and O–H groups in total. The van der Waals surface area contributed by atoms with Crippen LogP contribution in [-0.4, -0.2) is 4.57 Å². The fourth-order valence-corrected chi connectivity index (χ4v) is 6.13. The van der Waals surface area contributed by atoms with Gasteiger partial charge in [0, 0.05) is 38.6 Å². The number of furan rings is 1. The van der Waals surface area contributed by atoms with Crippen molar-refractivity contribution in [2.24, 2.45) is 0 Å². The molecular weight excluding hydrogens is 669 g/mol. The highest BCUT2D eigenvalue weighted by molar-refractivity contribution is 6.19. The Balaban J connectivity index is 1.33. The molecule has 0 aliphatic heterocycles. The van der Waals surface area contributed by atoms with Gasteiger partial charge in [0.05, 0.1) is 68.7 Å². The first-order chi connectivity index (χ1) is 41.4. The van der Waals surface area contributed by atoms with Gasteiger partial charge >= 0.3 is 0 Å². The lowest BCUT2D eigenvalue weighted by Gasteiger charge is -2.26. The lowest BCUT2D eigenvalue weighted by atomic mass is 10.0. The zero-order valence-electron chi connectivity index (χ0n) is 61.3. The molecule has 3 heteroatoms. The summed E-state index contributed by atoms with van der Waals surface area (Å²) in [5.74, 6) is 0. The van der Waals surface area contributed by atoms with Crippen LogP contribution in [0.5, 0.6) is 0 Å². The number of fused-ring (bicyclic) bond motifs is 8. The van der Waals surface area contributed by atoms with E-state index in [1.54, 1.807) is 0 Å². The smallest absolute Gasteiger partial charge is 0.143 e. The molecule has 2 aromatic heterocycles. The van der Waals surface area contributed by atoms with Crippen molar-refractivity contribution in [2.45, 2.75) is 0 Å². The van der Waals surface area contributed by atoms with Crippen molar-refractivity contribution in [3.8, 4) is 27.9 Å². The minimum absolute atomic E-state index is 0.359. The Kier molecular flexibility index (Phi) is 2.84. The van der Waals surface area contributed by atoms with E-state index in [0.717, 1.165) is 0 Å². The van der Waals surface area contributed by atoms with Gasteiger partial charge in [-0.15, -0.1) is 0 Å². The Bertz CT molecular complexity index is 5040. The third-order valence-electron chi connectivity index (χ3n) is 8.49. The summed E-state index contributed by atoms with van der Waals surface area (Å²) in [6.07, 6.45) is 0. The lowest BCUT2D eigenvalue weighted by molar-refractivity contribution is 0.672. The Hall–Kier alpha value is -7.36. The zero-order chi connectivity index (χ0) is 65.9. The molecule has 0 atom stereocenters. The second-order valence-corrected chi connectivity index (χ2v) is 11.5. The maximum absolute atomic E-state index is 9.86. The first kappa shape index (κ1) is 12.3. The lowest BCUT2D eigenvalue weighted by Crippen LogP contribution is -2.10. The molecule has 2 heterocycles. The summed E-state index contributed by atoms with van der Waals surface area (Å²) in [6.45, 7) is 0. The van der Waals surface area contributed by atoms with Gasteiger partial charge in [-0.3, -0.25) is 0 Å². The first-order valence-electron chi connectivity index (χ1n) is 33.0. The highest BCUT2D eigenvalue weighted by Gasteiger charge is 2.21. The summed E-state index contributed by atoms with van der Waals surface area (Å²) in [7, 11) is 0. The standard InChI is InChI=1S/C52H34N2O/c1-2-12-35(13-3-1)36-24-29-40(30-25-36)53(49-22-11-23-50-51(49)46-33-28-38-14-4-5-17-43(38)52(46)55-50)41-31-26-37(27-32-41)39-15-10-16-42(34-39)54-47-20-8-6-18-44(47)45-19-7-9-21-48(45)54/h1-34H/i1D,2D,3D,4D,5D,6D,7D,8D,9D,10D,11D,12D,13D,14D,15D,16D,17D,18D,19D,20D,21D,22D,23D,24D,25D,26D,27D,28D,29D,30D,31D,32D,33D,34D. The fourth-order valence-electron chi connectivity index (χ4n) is 6.13. The molecule has 0 aliphatic carbocycles. The van der Waals surface area contributed by atoms with E-state index in [0.29, 0.717) is 9.47 Å². The van der Waals surface area contributed by atoms with E-state index >= 15 is 0 Å². The van der Waals surface area contributed by atoms with E-state index in [1.807, 2.05) is 0 Å². The summed E-state index contributed by atoms with van der Waals surface area (Å²) in [6, 6.07) is -35.6. The Morgan fingerprint density at radius 3 is 1.69 bits per heavy atom. The SMILES string of the molecule is [2H]c1c([2H])c([2H])c(-c2c([2H])c([2H])c(N(c3c([2H])c([2H])c(-c4c([2H])c([2H])c([2H])c(-n5c6c([2H])c([2H])c([2H])c([2H])c6c6c([2H])c([2H])c([2H])c([2H])c65)c4[2H])c([2H])c3[2H])c3c([2H])c([2H])c([2H])c4oc5c6c([2H])c([2H])c([2H])c([2H])c6c([2H])c([2H])c5c34)c([2H])c2[2H])c([2H])c1[2H]. The number of hydrogen-bond acceptors (Lipinski definition) is 2. The molecule has 0 bridgehead atoms. The predicted octanol–water partition coefficient (Wildman–Crippen LogP) is 14.6. The van der Waals surface area contributed by atoms with Gasteiger partial charge in [-0.25, -0.2) is 0 Å². The maximum atomic E-state index is 9.86. The van der Waals surface area contributed by atoms with Crippen LogP contribution in [0, 0.1) is 0 Å². The van der Waals surface area contributed by atoms with Crippen molar-refractivity contribution < 1.29 is 51.0 Å².